The van der Waals surface area contributed by atoms with Gasteiger partial charge in [-0.1, -0.05) is 136 Å². The van der Waals surface area contributed by atoms with Crippen LogP contribution in [0.4, 0.5) is 0 Å². The molecule has 0 aliphatic heterocycles. The summed E-state index contributed by atoms with van der Waals surface area (Å²) >= 11 is 0. The summed E-state index contributed by atoms with van der Waals surface area (Å²) in [7, 11) is 0. The van der Waals surface area contributed by atoms with Gasteiger partial charge in [0.1, 0.15) is 6.10 Å². The number of carbonyl (C=O) groups is 1. The van der Waals surface area contributed by atoms with Crippen LogP contribution in [-0.4, -0.2) is 61.5 Å². The Morgan fingerprint density at radius 1 is 0.561 bits per heavy atom. The van der Waals surface area contributed by atoms with E-state index < -0.39 is 0 Å². The highest BCUT2D eigenvalue weighted by Gasteiger charge is 2.17. The summed E-state index contributed by atoms with van der Waals surface area (Å²) in [6.07, 6.45) is 30.9. The summed E-state index contributed by atoms with van der Waals surface area (Å²) in [5.74, 6) is -0.102. The highest BCUT2D eigenvalue weighted by atomic mass is 16.5. The van der Waals surface area contributed by atoms with Gasteiger partial charge < -0.3 is 14.6 Å². The van der Waals surface area contributed by atoms with Gasteiger partial charge in [-0.3, -0.25) is 9.69 Å². The van der Waals surface area contributed by atoms with Gasteiger partial charge in [0.2, 0.25) is 0 Å². The maximum absolute atomic E-state index is 12.9. The monoisotopic (exact) mass is 584 g/mol. The van der Waals surface area contributed by atoms with E-state index in [9.17, 15) is 9.90 Å². The normalized spacial score (nSPS) is 11.7. The zero-order valence-corrected chi connectivity index (χ0v) is 28.1. The Morgan fingerprint density at radius 3 is 1.49 bits per heavy atom. The van der Waals surface area contributed by atoms with Crippen molar-refractivity contribution in [1.82, 2.24) is 4.90 Å². The van der Waals surface area contributed by atoms with Crippen molar-refractivity contribution in [1.29, 1.82) is 0 Å². The van der Waals surface area contributed by atoms with Crippen molar-refractivity contribution in [3.05, 3.63) is 0 Å². The number of rotatable bonds is 34. The Bertz CT molecular complexity index is 500. The maximum atomic E-state index is 12.9. The predicted octanol–water partition coefficient (Wildman–Crippen LogP) is 10.0. The van der Waals surface area contributed by atoms with Gasteiger partial charge in [0.05, 0.1) is 13.2 Å². The second-order valence-electron chi connectivity index (χ2n) is 12.4. The molecule has 0 spiro atoms. The van der Waals surface area contributed by atoms with Gasteiger partial charge >= 0.3 is 5.97 Å². The Labute approximate surface area is 256 Å². The van der Waals surface area contributed by atoms with Crippen molar-refractivity contribution >= 4 is 5.97 Å². The van der Waals surface area contributed by atoms with Crippen molar-refractivity contribution in [3.8, 4) is 0 Å². The number of unbranched alkanes of at least 4 members (excludes halogenated alkanes) is 19. The third-order valence-electron chi connectivity index (χ3n) is 8.23. The Balaban J connectivity index is 4.15. The molecule has 0 radical (unpaired) electrons. The van der Waals surface area contributed by atoms with Crippen molar-refractivity contribution in [2.45, 2.75) is 187 Å². The summed E-state index contributed by atoms with van der Waals surface area (Å²) in [5, 5.41) is 9.55. The van der Waals surface area contributed by atoms with Crippen molar-refractivity contribution < 1.29 is 19.4 Å². The van der Waals surface area contributed by atoms with Gasteiger partial charge in [-0.15, -0.1) is 0 Å². The number of hydrogen-bond acceptors (Lipinski definition) is 5. The average molecular weight is 584 g/mol. The van der Waals surface area contributed by atoms with Gasteiger partial charge in [-0.2, -0.15) is 0 Å². The fraction of sp³-hybridized carbons (Fsp3) is 0.972. The first-order valence-electron chi connectivity index (χ1n) is 18.3. The van der Waals surface area contributed by atoms with Crippen LogP contribution in [-0.2, 0) is 14.3 Å². The quantitative estimate of drug-likeness (QED) is 0.0603. The third-order valence-corrected chi connectivity index (χ3v) is 8.23. The molecule has 0 rings (SSSR count). The van der Waals surface area contributed by atoms with E-state index in [0.29, 0.717) is 13.1 Å². The van der Waals surface area contributed by atoms with Crippen LogP contribution in [0.3, 0.4) is 0 Å². The lowest BCUT2D eigenvalue weighted by molar-refractivity contribution is -0.151. The Kier molecular flexibility index (Phi) is 33.3. The van der Waals surface area contributed by atoms with Crippen LogP contribution in [0, 0.1) is 0 Å². The molecular weight excluding hydrogens is 510 g/mol. The molecule has 5 heteroatoms. The molecule has 0 atom stereocenters. The molecule has 0 saturated carbocycles. The molecule has 246 valence electrons. The molecule has 41 heavy (non-hydrogen) atoms. The van der Waals surface area contributed by atoms with Gasteiger partial charge in [-0.05, 0) is 51.5 Å². The lowest BCUT2D eigenvalue weighted by Crippen LogP contribution is -2.35. The van der Waals surface area contributed by atoms with E-state index in [1.165, 1.54) is 128 Å². The van der Waals surface area contributed by atoms with Crippen molar-refractivity contribution in [2.24, 2.45) is 0 Å². The van der Waals surface area contributed by atoms with E-state index in [4.69, 9.17) is 9.47 Å². The smallest absolute Gasteiger partial charge is 0.320 e. The molecule has 0 heterocycles. The number of esters is 1. The predicted molar refractivity (Wildman–Crippen MR) is 177 cm³/mol. The summed E-state index contributed by atoms with van der Waals surface area (Å²) < 4.78 is 11.7. The van der Waals surface area contributed by atoms with Crippen LogP contribution >= 0.6 is 0 Å². The Morgan fingerprint density at radius 2 is 0.976 bits per heavy atom. The number of carbonyl (C=O) groups excluding carboxylic acids is 1. The lowest BCUT2D eigenvalue weighted by atomic mass is 10.0. The zero-order chi connectivity index (χ0) is 30.1. The minimum atomic E-state index is -0.102. The lowest BCUT2D eigenvalue weighted by Gasteiger charge is -2.23. The molecule has 0 unspecified atom stereocenters. The fourth-order valence-electron chi connectivity index (χ4n) is 5.54. The van der Waals surface area contributed by atoms with E-state index in [1.54, 1.807) is 0 Å². The highest BCUT2D eigenvalue weighted by Crippen LogP contribution is 2.17. The molecule has 1 N–H and O–H groups in total. The molecule has 0 aromatic heterocycles. The Hall–Kier alpha value is -0.650. The van der Waals surface area contributed by atoms with Crippen molar-refractivity contribution in [2.75, 3.05) is 39.5 Å². The molecule has 0 saturated heterocycles. The third kappa shape index (κ3) is 30.6. The highest BCUT2D eigenvalue weighted by molar-refractivity contribution is 5.71. The van der Waals surface area contributed by atoms with Crippen molar-refractivity contribution in [3.63, 3.8) is 0 Å². The molecule has 0 bridgehead atoms. The number of nitrogens with zero attached hydrogens (tertiary/aromatic N) is 1. The fourth-order valence-corrected chi connectivity index (χ4v) is 5.54. The number of ether oxygens (including phenoxy) is 2. The minimum absolute atomic E-state index is 0.0587. The largest absolute Gasteiger partial charge is 0.461 e. The standard InChI is InChI=1S/C36H73NO4/c1-4-7-10-12-18-22-27-35(28-23-19-13-11-8-5-2)41-36(39)34-37(30-31-38)29-24-20-16-14-15-17-21-26-33-40-32-25-9-6-3/h35,38H,4-34H2,1-3H3. The molecule has 0 aliphatic rings. The van der Waals surface area contributed by atoms with Gasteiger partial charge in [-0.25, -0.2) is 0 Å². The molecule has 0 fully saturated rings. The number of aliphatic hydroxyl groups is 1. The van der Waals surface area contributed by atoms with E-state index >= 15 is 0 Å². The van der Waals surface area contributed by atoms with Gasteiger partial charge in [0.15, 0.2) is 0 Å². The number of aliphatic hydroxyl groups excluding tert-OH is 1. The maximum Gasteiger partial charge on any atom is 0.320 e. The van der Waals surface area contributed by atoms with Crippen LogP contribution in [0.5, 0.6) is 0 Å². The van der Waals surface area contributed by atoms with Crippen LogP contribution in [0.2, 0.25) is 0 Å². The van der Waals surface area contributed by atoms with Crippen LogP contribution in [0.25, 0.3) is 0 Å². The zero-order valence-electron chi connectivity index (χ0n) is 28.1. The first kappa shape index (κ1) is 40.4. The second-order valence-corrected chi connectivity index (χ2v) is 12.4. The second kappa shape index (κ2) is 33.8. The van der Waals surface area contributed by atoms with E-state index in [2.05, 4.69) is 25.7 Å². The van der Waals surface area contributed by atoms with Gasteiger partial charge in [0, 0.05) is 19.8 Å². The van der Waals surface area contributed by atoms with Crippen LogP contribution < -0.4 is 0 Å². The molecule has 0 amide bonds. The molecule has 5 nitrogen and oxygen atoms in total. The summed E-state index contributed by atoms with van der Waals surface area (Å²) in [5.41, 5.74) is 0. The van der Waals surface area contributed by atoms with E-state index in [0.717, 1.165) is 51.9 Å². The molecule has 0 aliphatic carbocycles. The van der Waals surface area contributed by atoms with Crippen LogP contribution in [0.1, 0.15) is 181 Å². The van der Waals surface area contributed by atoms with E-state index in [-0.39, 0.29) is 18.7 Å². The van der Waals surface area contributed by atoms with Gasteiger partial charge in [0.25, 0.3) is 0 Å². The SMILES string of the molecule is CCCCCCCCC(CCCCCCCC)OC(=O)CN(CCO)CCCCCCCCCCOCCCCC. The van der Waals surface area contributed by atoms with Crippen LogP contribution in [0.15, 0.2) is 0 Å². The summed E-state index contributed by atoms with van der Waals surface area (Å²) in [6.45, 7) is 10.4. The number of hydrogen-bond donors (Lipinski definition) is 1. The van der Waals surface area contributed by atoms with E-state index in [1.807, 2.05) is 0 Å². The summed E-state index contributed by atoms with van der Waals surface area (Å²) in [6, 6.07) is 0. The molecular formula is C36H73NO4. The topological polar surface area (TPSA) is 59.0 Å². The first-order valence-corrected chi connectivity index (χ1v) is 18.3. The summed E-state index contributed by atoms with van der Waals surface area (Å²) in [4.78, 5) is 15.0. The average Bonchev–Trinajstić information content (AvgIpc) is 2.96. The first-order chi connectivity index (χ1) is 20.2. The molecule has 0 aromatic carbocycles. The molecule has 0 aromatic rings. The minimum Gasteiger partial charge on any atom is -0.461 e.